The smallest absolute Gasteiger partial charge is 0.123 e. The second kappa shape index (κ2) is 6.70. The quantitative estimate of drug-likeness (QED) is 0.889. The number of imidazole rings is 1. The van der Waals surface area contributed by atoms with Gasteiger partial charge in [-0.3, -0.25) is 4.90 Å². The van der Waals surface area contributed by atoms with Crippen molar-refractivity contribution < 1.29 is 4.74 Å². The van der Waals surface area contributed by atoms with Crippen molar-refractivity contribution in [1.29, 1.82) is 0 Å². The normalized spacial score (nSPS) is 29.1. The third-order valence-corrected chi connectivity index (χ3v) is 4.69. The van der Waals surface area contributed by atoms with Crippen LogP contribution < -0.4 is 0 Å². The predicted molar refractivity (Wildman–Crippen MR) is 78.6 cm³/mol. The fraction of sp³-hybridized carbons (Fsp3) is 0.800. The van der Waals surface area contributed by atoms with Gasteiger partial charge in [-0.15, -0.1) is 0 Å². The summed E-state index contributed by atoms with van der Waals surface area (Å²) in [5.74, 6) is 1.09. The SMILES string of the molecule is CO[C@@H]1CC(c2ncc[nH]2)N(CCN2CCCCC2)C1. The monoisotopic (exact) mass is 278 g/mol. The number of likely N-dealkylation sites (tertiary alicyclic amines) is 2. The second-order valence-corrected chi connectivity index (χ2v) is 5.98. The summed E-state index contributed by atoms with van der Waals surface area (Å²) in [6, 6.07) is 0.389. The van der Waals surface area contributed by atoms with E-state index in [1.165, 1.54) is 38.9 Å². The van der Waals surface area contributed by atoms with Crippen LogP contribution in [0.3, 0.4) is 0 Å². The molecule has 0 saturated carbocycles. The summed E-state index contributed by atoms with van der Waals surface area (Å²) in [4.78, 5) is 12.8. The summed E-state index contributed by atoms with van der Waals surface area (Å²) in [6.07, 6.45) is 9.28. The number of methoxy groups -OCH3 is 1. The van der Waals surface area contributed by atoms with Crippen LogP contribution >= 0.6 is 0 Å². The molecule has 5 nitrogen and oxygen atoms in total. The molecule has 20 heavy (non-hydrogen) atoms. The lowest BCUT2D eigenvalue weighted by Crippen LogP contribution is -2.38. The largest absolute Gasteiger partial charge is 0.380 e. The number of nitrogens with zero attached hydrogens (tertiary/aromatic N) is 3. The molecule has 2 saturated heterocycles. The van der Waals surface area contributed by atoms with Gasteiger partial charge in [0, 0.05) is 39.1 Å². The number of H-pyrrole nitrogens is 1. The molecule has 0 aromatic carbocycles. The fourth-order valence-electron chi connectivity index (χ4n) is 3.48. The number of nitrogens with one attached hydrogen (secondary N) is 1. The Morgan fingerprint density at radius 1 is 1.30 bits per heavy atom. The molecule has 1 unspecified atom stereocenters. The minimum absolute atomic E-state index is 0.339. The van der Waals surface area contributed by atoms with Crippen LogP contribution in [0, 0.1) is 0 Å². The third-order valence-electron chi connectivity index (χ3n) is 4.69. The van der Waals surface area contributed by atoms with Crippen LogP contribution in [-0.2, 0) is 4.74 Å². The van der Waals surface area contributed by atoms with Gasteiger partial charge in [-0.2, -0.15) is 0 Å². The number of ether oxygens (including phenoxy) is 1. The van der Waals surface area contributed by atoms with Crippen molar-refractivity contribution in [1.82, 2.24) is 19.8 Å². The van der Waals surface area contributed by atoms with Gasteiger partial charge in [0.2, 0.25) is 0 Å². The topological polar surface area (TPSA) is 44.4 Å². The molecule has 2 aliphatic heterocycles. The maximum Gasteiger partial charge on any atom is 0.123 e. The molecule has 1 N–H and O–H groups in total. The molecule has 0 bridgehead atoms. The van der Waals surface area contributed by atoms with Crippen LogP contribution in [0.1, 0.15) is 37.5 Å². The molecule has 1 aromatic heterocycles. The Morgan fingerprint density at radius 2 is 2.15 bits per heavy atom. The maximum atomic E-state index is 5.56. The van der Waals surface area contributed by atoms with E-state index < -0.39 is 0 Å². The summed E-state index contributed by atoms with van der Waals surface area (Å²) in [7, 11) is 1.82. The van der Waals surface area contributed by atoms with E-state index in [1.54, 1.807) is 0 Å². The molecular weight excluding hydrogens is 252 g/mol. The molecule has 1 aromatic rings. The summed E-state index contributed by atoms with van der Waals surface area (Å²) in [5.41, 5.74) is 0. The van der Waals surface area contributed by atoms with Crippen LogP contribution in [0.15, 0.2) is 12.4 Å². The van der Waals surface area contributed by atoms with Crippen molar-refractivity contribution in [3.8, 4) is 0 Å². The van der Waals surface area contributed by atoms with E-state index in [-0.39, 0.29) is 0 Å². The zero-order valence-electron chi connectivity index (χ0n) is 12.4. The highest BCUT2D eigenvalue weighted by Crippen LogP contribution is 2.31. The lowest BCUT2D eigenvalue weighted by Gasteiger charge is -2.30. The number of hydrogen-bond donors (Lipinski definition) is 1. The van der Waals surface area contributed by atoms with Crippen molar-refractivity contribution in [2.45, 2.75) is 37.8 Å². The zero-order valence-corrected chi connectivity index (χ0v) is 12.4. The predicted octanol–water partition coefficient (Wildman–Crippen LogP) is 1.66. The van der Waals surface area contributed by atoms with Crippen molar-refractivity contribution >= 4 is 0 Å². The average molecular weight is 278 g/mol. The number of hydrogen-bond acceptors (Lipinski definition) is 4. The van der Waals surface area contributed by atoms with Crippen LogP contribution in [0.2, 0.25) is 0 Å². The summed E-state index contributed by atoms with van der Waals surface area (Å²) in [5, 5.41) is 0. The van der Waals surface area contributed by atoms with Crippen LogP contribution in [0.25, 0.3) is 0 Å². The van der Waals surface area contributed by atoms with E-state index in [0.717, 1.165) is 25.3 Å². The Bertz CT molecular complexity index is 389. The van der Waals surface area contributed by atoms with Gasteiger partial charge in [-0.25, -0.2) is 4.98 Å². The molecule has 0 spiro atoms. The Balaban J connectivity index is 1.57. The first kappa shape index (κ1) is 14.0. The Labute approximate surface area is 121 Å². The molecule has 0 aliphatic carbocycles. The van der Waals surface area contributed by atoms with E-state index in [2.05, 4.69) is 19.8 Å². The zero-order chi connectivity index (χ0) is 13.8. The van der Waals surface area contributed by atoms with E-state index >= 15 is 0 Å². The van der Waals surface area contributed by atoms with Crippen molar-refractivity contribution in [2.75, 3.05) is 39.8 Å². The maximum absolute atomic E-state index is 5.56. The summed E-state index contributed by atoms with van der Waals surface area (Å²) >= 11 is 0. The Morgan fingerprint density at radius 3 is 2.85 bits per heavy atom. The summed E-state index contributed by atoms with van der Waals surface area (Å²) < 4.78 is 5.56. The van der Waals surface area contributed by atoms with Crippen molar-refractivity contribution in [2.24, 2.45) is 0 Å². The van der Waals surface area contributed by atoms with Crippen LogP contribution in [0.5, 0.6) is 0 Å². The molecule has 3 heterocycles. The average Bonchev–Trinajstić information content (AvgIpc) is 3.15. The number of aromatic nitrogens is 2. The van der Waals surface area contributed by atoms with E-state index in [1.807, 2.05) is 19.5 Å². The van der Waals surface area contributed by atoms with E-state index in [0.29, 0.717) is 12.1 Å². The Hall–Kier alpha value is -0.910. The van der Waals surface area contributed by atoms with Gasteiger partial charge < -0.3 is 14.6 Å². The highest BCUT2D eigenvalue weighted by atomic mass is 16.5. The van der Waals surface area contributed by atoms with E-state index in [4.69, 9.17) is 4.74 Å². The number of aromatic amines is 1. The van der Waals surface area contributed by atoms with Crippen LogP contribution in [0.4, 0.5) is 0 Å². The van der Waals surface area contributed by atoms with Gasteiger partial charge in [0.25, 0.3) is 0 Å². The highest BCUT2D eigenvalue weighted by Gasteiger charge is 2.34. The highest BCUT2D eigenvalue weighted by molar-refractivity contribution is 5.01. The molecule has 2 atom stereocenters. The van der Waals surface area contributed by atoms with Crippen LogP contribution in [-0.4, -0.2) is 65.7 Å². The Kier molecular flexibility index (Phi) is 4.70. The minimum atomic E-state index is 0.339. The first-order chi connectivity index (χ1) is 9.86. The lowest BCUT2D eigenvalue weighted by molar-refractivity contribution is 0.105. The molecule has 0 radical (unpaired) electrons. The summed E-state index contributed by atoms with van der Waals surface area (Å²) in [6.45, 7) is 5.86. The van der Waals surface area contributed by atoms with Gasteiger partial charge >= 0.3 is 0 Å². The molecule has 112 valence electrons. The molecule has 3 rings (SSSR count). The van der Waals surface area contributed by atoms with Gasteiger partial charge in [0.05, 0.1) is 12.1 Å². The third kappa shape index (κ3) is 3.22. The van der Waals surface area contributed by atoms with Gasteiger partial charge in [-0.1, -0.05) is 6.42 Å². The number of piperidine rings is 1. The molecular formula is C15H26N4O. The second-order valence-electron chi connectivity index (χ2n) is 5.98. The van der Waals surface area contributed by atoms with Gasteiger partial charge in [0.1, 0.15) is 5.82 Å². The molecule has 2 aliphatic rings. The van der Waals surface area contributed by atoms with E-state index in [9.17, 15) is 0 Å². The van der Waals surface area contributed by atoms with Gasteiger partial charge in [0.15, 0.2) is 0 Å². The van der Waals surface area contributed by atoms with Crippen molar-refractivity contribution in [3.63, 3.8) is 0 Å². The van der Waals surface area contributed by atoms with Crippen molar-refractivity contribution in [3.05, 3.63) is 18.2 Å². The first-order valence-corrected chi connectivity index (χ1v) is 7.85. The number of rotatable bonds is 5. The van der Waals surface area contributed by atoms with Gasteiger partial charge in [-0.05, 0) is 32.4 Å². The molecule has 0 amide bonds. The molecule has 2 fully saturated rings. The first-order valence-electron chi connectivity index (χ1n) is 7.85. The molecule has 5 heteroatoms. The standard InChI is InChI=1S/C15H26N4O/c1-20-13-11-14(15-16-5-6-17-15)19(12-13)10-9-18-7-3-2-4-8-18/h5-6,13-14H,2-4,7-12H2,1H3,(H,16,17)/t13-,14?/m1/s1. The fourth-order valence-corrected chi connectivity index (χ4v) is 3.48. The minimum Gasteiger partial charge on any atom is -0.380 e. The lowest BCUT2D eigenvalue weighted by atomic mass is 10.1.